The van der Waals surface area contributed by atoms with E-state index in [-0.39, 0.29) is 0 Å². The van der Waals surface area contributed by atoms with Crippen LogP contribution >= 0.6 is 0 Å². The lowest BCUT2D eigenvalue weighted by Crippen LogP contribution is -2.20. The first-order valence-electron chi connectivity index (χ1n) is 5.90. The highest BCUT2D eigenvalue weighted by molar-refractivity contribution is 5.82. The predicted molar refractivity (Wildman–Crippen MR) is 64.8 cm³/mol. The zero-order chi connectivity index (χ0) is 11.3. The lowest BCUT2D eigenvalue weighted by atomic mass is 9.73. The van der Waals surface area contributed by atoms with Gasteiger partial charge in [0.1, 0.15) is 5.78 Å². The van der Waals surface area contributed by atoms with Crippen LogP contribution in [0.3, 0.4) is 0 Å². The van der Waals surface area contributed by atoms with E-state index in [9.17, 15) is 4.79 Å². The standard InChI is InChI=1S/C14H22O/c1-4-7-13(15)10-12-8-6-9-14(3,5-2)11-12/h4,8H,1,5-7,9-11H2,2-3H3. The van der Waals surface area contributed by atoms with E-state index in [0.717, 1.165) is 12.8 Å². The second-order valence-electron chi connectivity index (χ2n) is 4.95. The van der Waals surface area contributed by atoms with Gasteiger partial charge in [-0.25, -0.2) is 0 Å². The second-order valence-corrected chi connectivity index (χ2v) is 4.95. The highest BCUT2D eigenvalue weighted by atomic mass is 16.1. The molecule has 1 atom stereocenters. The highest BCUT2D eigenvalue weighted by Gasteiger charge is 2.26. The Morgan fingerprint density at radius 3 is 3.00 bits per heavy atom. The zero-order valence-corrected chi connectivity index (χ0v) is 10.0. The van der Waals surface area contributed by atoms with Crippen LogP contribution in [-0.2, 0) is 4.79 Å². The second kappa shape index (κ2) is 5.29. The van der Waals surface area contributed by atoms with E-state index in [0.29, 0.717) is 24.0 Å². The van der Waals surface area contributed by atoms with E-state index in [1.807, 2.05) is 0 Å². The fourth-order valence-electron chi connectivity index (χ4n) is 2.26. The smallest absolute Gasteiger partial charge is 0.140 e. The van der Waals surface area contributed by atoms with Gasteiger partial charge in [-0.05, 0) is 24.7 Å². The Morgan fingerprint density at radius 2 is 2.40 bits per heavy atom. The molecule has 84 valence electrons. The minimum atomic E-state index is 0.302. The molecule has 1 aliphatic carbocycles. The Hall–Kier alpha value is -0.850. The number of hydrogen-bond acceptors (Lipinski definition) is 1. The first-order valence-corrected chi connectivity index (χ1v) is 5.90. The molecular formula is C14H22O. The molecule has 0 amide bonds. The van der Waals surface area contributed by atoms with Gasteiger partial charge in [0.15, 0.2) is 0 Å². The molecule has 0 bridgehead atoms. The van der Waals surface area contributed by atoms with Gasteiger partial charge < -0.3 is 0 Å². The van der Waals surface area contributed by atoms with Crippen LogP contribution in [0.15, 0.2) is 24.3 Å². The Morgan fingerprint density at radius 1 is 1.67 bits per heavy atom. The molecule has 0 aromatic heterocycles. The van der Waals surface area contributed by atoms with Crippen molar-refractivity contribution in [2.45, 2.75) is 52.4 Å². The van der Waals surface area contributed by atoms with Gasteiger partial charge in [0.2, 0.25) is 0 Å². The minimum absolute atomic E-state index is 0.302. The van der Waals surface area contributed by atoms with Crippen molar-refractivity contribution in [3.8, 4) is 0 Å². The van der Waals surface area contributed by atoms with Crippen LogP contribution < -0.4 is 0 Å². The maximum absolute atomic E-state index is 11.5. The average molecular weight is 206 g/mol. The van der Waals surface area contributed by atoms with Crippen LogP contribution in [0.25, 0.3) is 0 Å². The van der Waals surface area contributed by atoms with Crippen molar-refractivity contribution < 1.29 is 4.79 Å². The van der Waals surface area contributed by atoms with Gasteiger partial charge in [0, 0.05) is 12.8 Å². The third kappa shape index (κ3) is 3.65. The molecule has 0 fully saturated rings. The Labute approximate surface area is 93.3 Å². The van der Waals surface area contributed by atoms with E-state index in [4.69, 9.17) is 0 Å². The third-order valence-corrected chi connectivity index (χ3v) is 3.48. The van der Waals surface area contributed by atoms with Gasteiger partial charge >= 0.3 is 0 Å². The molecule has 0 heterocycles. The quantitative estimate of drug-likeness (QED) is 0.620. The van der Waals surface area contributed by atoms with E-state index in [1.54, 1.807) is 6.08 Å². The van der Waals surface area contributed by atoms with Crippen LogP contribution in [0.1, 0.15) is 52.4 Å². The zero-order valence-electron chi connectivity index (χ0n) is 10.0. The van der Waals surface area contributed by atoms with Crippen molar-refractivity contribution in [1.82, 2.24) is 0 Å². The summed E-state index contributed by atoms with van der Waals surface area (Å²) >= 11 is 0. The van der Waals surface area contributed by atoms with Gasteiger partial charge in [0.25, 0.3) is 0 Å². The topological polar surface area (TPSA) is 17.1 Å². The van der Waals surface area contributed by atoms with Crippen LogP contribution in [0.2, 0.25) is 0 Å². The summed E-state index contributed by atoms with van der Waals surface area (Å²) in [6.45, 7) is 8.17. The minimum Gasteiger partial charge on any atom is -0.299 e. The number of hydrogen-bond donors (Lipinski definition) is 0. The third-order valence-electron chi connectivity index (χ3n) is 3.48. The van der Waals surface area contributed by atoms with Gasteiger partial charge in [-0.15, -0.1) is 6.58 Å². The molecule has 1 nitrogen and oxygen atoms in total. The molecule has 0 saturated heterocycles. The van der Waals surface area contributed by atoms with Crippen molar-refractivity contribution in [1.29, 1.82) is 0 Å². The fourth-order valence-corrected chi connectivity index (χ4v) is 2.26. The van der Waals surface area contributed by atoms with Crippen LogP contribution in [-0.4, -0.2) is 5.78 Å². The van der Waals surface area contributed by atoms with Crippen molar-refractivity contribution in [3.63, 3.8) is 0 Å². The van der Waals surface area contributed by atoms with E-state index >= 15 is 0 Å². The molecule has 1 heteroatoms. The first-order chi connectivity index (χ1) is 7.09. The lowest BCUT2D eigenvalue weighted by Gasteiger charge is -2.32. The molecular weight excluding hydrogens is 184 g/mol. The number of rotatable bonds is 5. The Bertz CT molecular complexity index is 275. The number of Topliss-reactive ketones (excluding diaryl/α,β-unsaturated/α-hetero) is 1. The molecule has 0 N–H and O–H groups in total. The summed E-state index contributed by atoms with van der Waals surface area (Å²) < 4.78 is 0. The molecule has 1 aliphatic rings. The maximum atomic E-state index is 11.5. The van der Waals surface area contributed by atoms with Crippen molar-refractivity contribution in [2.24, 2.45) is 5.41 Å². The number of ketones is 1. The van der Waals surface area contributed by atoms with Gasteiger partial charge in [-0.3, -0.25) is 4.79 Å². The van der Waals surface area contributed by atoms with Crippen LogP contribution in [0.5, 0.6) is 0 Å². The molecule has 0 spiro atoms. The van der Waals surface area contributed by atoms with E-state index in [1.165, 1.54) is 18.4 Å². The molecule has 0 aromatic rings. The first kappa shape index (κ1) is 12.2. The van der Waals surface area contributed by atoms with Gasteiger partial charge in [0.05, 0.1) is 0 Å². The number of carbonyl (C=O) groups is 1. The number of allylic oxidation sites excluding steroid dienone is 3. The summed E-state index contributed by atoms with van der Waals surface area (Å²) in [5.41, 5.74) is 1.77. The van der Waals surface area contributed by atoms with Gasteiger partial charge in [-0.2, -0.15) is 0 Å². The lowest BCUT2D eigenvalue weighted by molar-refractivity contribution is -0.117. The maximum Gasteiger partial charge on any atom is 0.140 e. The Kier molecular flexibility index (Phi) is 4.31. The summed E-state index contributed by atoms with van der Waals surface area (Å²) in [5.74, 6) is 0.302. The molecule has 0 radical (unpaired) electrons. The van der Waals surface area contributed by atoms with E-state index in [2.05, 4.69) is 26.5 Å². The van der Waals surface area contributed by atoms with E-state index < -0.39 is 0 Å². The summed E-state index contributed by atoms with van der Waals surface area (Å²) in [6, 6.07) is 0. The fraction of sp³-hybridized carbons (Fsp3) is 0.643. The molecule has 0 aliphatic heterocycles. The summed E-state index contributed by atoms with van der Waals surface area (Å²) in [4.78, 5) is 11.5. The SMILES string of the molecule is C=CCC(=O)CC1=CCCC(C)(CC)C1. The number of carbonyl (C=O) groups excluding carboxylic acids is 1. The van der Waals surface area contributed by atoms with Crippen molar-refractivity contribution in [2.75, 3.05) is 0 Å². The predicted octanol–water partition coefficient (Wildman–Crippen LogP) is 4.05. The largest absolute Gasteiger partial charge is 0.299 e. The monoisotopic (exact) mass is 206 g/mol. The molecule has 0 aromatic carbocycles. The summed E-state index contributed by atoms with van der Waals surface area (Å²) in [5, 5.41) is 0. The molecule has 15 heavy (non-hydrogen) atoms. The van der Waals surface area contributed by atoms with Crippen molar-refractivity contribution >= 4 is 5.78 Å². The molecule has 1 unspecified atom stereocenters. The summed E-state index contributed by atoms with van der Waals surface area (Å²) in [6.07, 6.45) is 9.83. The van der Waals surface area contributed by atoms with Gasteiger partial charge in [-0.1, -0.05) is 38.0 Å². The van der Waals surface area contributed by atoms with Crippen LogP contribution in [0.4, 0.5) is 0 Å². The normalized spacial score (nSPS) is 25.9. The Balaban J connectivity index is 2.53. The van der Waals surface area contributed by atoms with Crippen LogP contribution in [0, 0.1) is 5.41 Å². The summed E-state index contributed by atoms with van der Waals surface area (Å²) in [7, 11) is 0. The van der Waals surface area contributed by atoms with Crippen molar-refractivity contribution in [3.05, 3.63) is 24.3 Å². The highest BCUT2D eigenvalue weighted by Crippen LogP contribution is 2.39. The molecule has 1 rings (SSSR count). The average Bonchev–Trinajstić information content (AvgIpc) is 2.18. The molecule has 0 saturated carbocycles.